The minimum Gasteiger partial charge on any atom is -0.480 e. The molecule has 0 aliphatic carbocycles. The molecule has 0 heterocycles. The molecule has 8 heteroatoms. The third-order valence-electron chi connectivity index (χ3n) is 3.45. The number of carboxylic acids is 1. The maximum atomic E-state index is 10.6. The van der Waals surface area contributed by atoms with E-state index in [1.807, 2.05) is 30.3 Å². The van der Waals surface area contributed by atoms with E-state index < -0.39 is 12.0 Å². The Labute approximate surface area is 171 Å². The van der Waals surface area contributed by atoms with Crippen LogP contribution in [0.25, 0.3) is 0 Å². The molecule has 8 N–H and O–H groups in total. The van der Waals surface area contributed by atoms with Crippen LogP contribution in [0.2, 0.25) is 0 Å². The topological polar surface area (TPSA) is 162 Å². The molecule has 0 aliphatic heterocycles. The van der Waals surface area contributed by atoms with Crippen molar-refractivity contribution in [2.75, 3.05) is 17.6 Å². The fourth-order valence-electron chi connectivity index (χ4n) is 1.93. The van der Waals surface area contributed by atoms with Gasteiger partial charge in [0, 0.05) is 23.9 Å². The van der Waals surface area contributed by atoms with Crippen LogP contribution in [0, 0.1) is 0 Å². The highest BCUT2D eigenvalue weighted by Gasteiger charge is 2.09. The maximum absolute atomic E-state index is 10.6. The standard InChI is InChI=1S/C9H9NO2.C6H14N2O2.C6H7N/c1-7(12)10-9-4-2-8(6-11)3-5-9;7-4-2-1-3-5(8)6(9)10;7-6-4-2-1-3-5-6/h2-6H,1H3,(H,10,12);5H,1-4,7-8H2,(H,9,10);1-5H,7H2/t;5-;/m.0./s1. The fraction of sp³-hybridized carbons (Fsp3) is 0.286. The third kappa shape index (κ3) is 14.5. The summed E-state index contributed by atoms with van der Waals surface area (Å²) in [5.41, 5.74) is 17.9. The van der Waals surface area contributed by atoms with Crippen molar-refractivity contribution in [2.45, 2.75) is 32.2 Å². The molecule has 0 unspecified atom stereocenters. The Bertz CT molecular complexity index is 721. The summed E-state index contributed by atoms with van der Waals surface area (Å²) in [6, 6.07) is 15.4. The van der Waals surface area contributed by atoms with Crippen molar-refractivity contribution in [1.82, 2.24) is 0 Å². The summed E-state index contributed by atoms with van der Waals surface area (Å²) in [6.07, 6.45) is 2.93. The van der Waals surface area contributed by atoms with E-state index in [9.17, 15) is 14.4 Å². The number of anilines is 2. The number of hydrogen-bond donors (Lipinski definition) is 5. The number of aliphatic carboxylic acids is 1. The smallest absolute Gasteiger partial charge is 0.320 e. The molecule has 1 amide bonds. The number of nitrogen functional groups attached to an aromatic ring is 1. The van der Waals surface area contributed by atoms with Gasteiger partial charge in [-0.15, -0.1) is 0 Å². The summed E-state index contributed by atoms with van der Waals surface area (Å²) in [5, 5.41) is 10.9. The van der Waals surface area contributed by atoms with Crippen LogP contribution in [0.15, 0.2) is 54.6 Å². The number of hydrogen-bond acceptors (Lipinski definition) is 6. The van der Waals surface area contributed by atoms with Gasteiger partial charge in [0.1, 0.15) is 12.3 Å². The quantitative estimate of drug-likeness (QED) is 0.269. The summed E-state index contributed by atoms with van der Waals surface area (Å²) in [5.74, 6) is -1.05. The molecule has 0 aliphatic rings. The van der Waals surface area contributed by atoms with E-state index in [-0.39, 0.29) is 5.91 Å². The Morgan fingerprint density at radius 1 is 1.07 bits per heavy atom. The normalized spacial score (nSPS) is 10.3. The zero-order valence-corrected chi connectivity index (χ0v) is 16.6. The molecule has 0 spiro atoms. The Morgan fingerprint density at radius 3 is 2.03 bits per heavy atom. The number of nitrogens with two attached hydrogens (primary N) is 3. The van der Waals surface area contributed by atoms with Crippen LogP contribution in [0.3, 0.4) is 0 Å². The minimum absolute atomic E-state index is 0.117. The number of aldehydes is 1. The number of amides is 1. The first-order valence-corrected chi connectivity index (χ1v) is 9.12. The highest BCUT2D eigenvalue weighted by atomic mass is 16.4. The van der Waals surface area contributed by atoms with Crippen molar-refractivity contribution in [3.63, 3.8) is 0 Å². The van der Waals surface area contributed by atoms with Gasteiger partial charge in [-0.05, 0) is 55.8 Å². The molecular formula is C21H30N4O4. The van der Waals surface area contributed by atoms with Gasteiger partial charge in [0.2, 0.25) is 5.91 Å². The first-order chi connectivity index (χ1) is 13.8. The molecule has 8 nitrogen and oxygen atoms in total. The van der Waals surface area contributed by atoms with Crippen molar-refractivity contribution in [3.05, 3.63) is 60.2 Å². The molecule has 0 radical (unpaired) electrons. The predicted octanol–water partition coefficient (Wildman–Crippen LogP) is 2.25. The largest absolute Gasteiger partial charge is 0.480 e. The number of carbonyl (C=O) groups excluding carboxylic acids is 2. The van der Waals surface area contributed by atoms with Gasteiger partial charge in [0.25, 0.3) is 0 Å². The second-order valence-electron chi connectivity index (χ2n) is 6.06. The summed E-state index contributed by atoms with van der Waals surface area (Å²) >= 11 is 0. The Hall–Kier alpha value is -3.23. The minimum atomic E-state index is -0.933. The second-order valence-corrected chi connectivity index (χ2v) is 6.06. The van der Waals surface area contributed by atoms with E-state index in [0.717, 1.165) is 24.8 Å². The van der Waals surface area contributed by atoms with Gasteiger partial charge in [-0.1, -0.05) is 24.6 Å². The lowest BCUT2D eigenvalue weighted by Crippen LogP contribution is -2.29. The molecule has 0 saturated heterocycles. The molecule has 2 rings (SSSR count). The third-order valence-corrected chi connectivity index (χ3v) is 3.45. The van der Waals surface area contributed by atoms with Crippen LogP contribution in [-0.2, 0) is 9.59 Å². The number of carbonyl (C=O) groups is 3. The summed E-state index contributed by atoms with van der Waals surface area (Å²) in [7, 11) is 0. The highest BCUT2D eigenvalue weighted by Crippen LogP contribution is 2.07. The lowest BCUT2D eigenvalue weighted by atomic mass is 10.1. The van der Waals surface area contributed by atoms with Crippen LogP contribution in [0.5, 0.6) is 0 Å². The van der Waals surface area contributed by atoms with Crippen molar-refractivity contribution >= 4 is 29.5 Å². The van der Waals surface area contributed by atoms with Crippen LogP contribution >= 0.6 is 0 Å². The fourth-order valence-corrected chi connectivity index (χ4v) is 1.93. The Morgan fingerprint density at radius 2 is 1.66 bits per heavy atom. The van der Waals surface area contributed by atoms with Crippen molar-refractivity contribution < 1.29 is 19.5 Å². The molecular weight excluding hydrogens is 372 g/mol. The van der Waals surface area contributed by atoms with Gasteiger partial charge in [-0.3, -0.25) is 14.4 Å². The number of benzene rings is 2. The number of rotatable bonds is 7. The first kappa shape index (κ1) is 25.8. The summed E-state index contributed by atoms with van der Waals surface area (Å²) in [6.45, 7) is 2.04. The van der Waals surface area contributed by atoms with Crippen molar-refractivity contribution in [1.29, 1.82) is 0 Å². The first-order valence-electron chi connectivity index (χ1n) is 9.12. The zero-order chi connectivity index (χ0) is 22.1. The van der Waals surface area contributed by atoms with Gasteiger partial charge in [0.15, 0.2) is 0 Å². The van der Waals surface area contributed by atoms with Crippen molar-refractivity contribution in [2.24, 2.45) is 11.5 Å². The average Bonchev–Trinajstić information content (AvgIpc) is 2.70. The van der Waals surface area contributed by atoms with Crippen LogP contribution in [0.4, 0.5) is 11.4 Å². The highest BCUT2D eigenvalue weighted by molar-refractivity contribution is 5.89. The molecule has 0 bridgehead atoms. The second kappa shape index (κ2) is 15.8. The van der Waals surface area contributed by atoms with E-state index in [1.165, 1.54) is 6.92 Å². The van der Waals surface area contributed by atoms with E-state index >= 15 is 0 Å². The number of carboxylic acid groups (broad SMARTS) is 1. The van der Waals surface area contributed by atoms with Gasteiger partial charge in [-0.2, -0.15) is 0 Å². The van der Waals surface area contributed by atoms with E-state index in [4.69, 9.17) is 22.3 Å². The van der Waals surface area contributed by atoms with Crippen LogP contribution < -0.4 is 22.5 Å². The molecule has 158 valence electrons. The summed E-state index contributed by atoms with van der Waals surface area (Å²) < 4.78 is 0. The lowest BCUT2D eigenvalue weighted by molar-refractivity contribution is -0.138. The summed E-state index contributed by atoms with van der Waals surface area (Å²) in [4.78, 5) is 31.0. The van der Waals surface area contributed by atoms with Crippen molar-refractivity contribution in [3.8, 4) is 0 Å². The van der Waals surface area contributed by atoms with Gasteiger partial charge >= 0.3 is 5.97 Å². The van der Waals surface area contributed by atoms with E-state index in [1.54, 1.807) is 24.3 Å². The van der Waals surface area contributed by atoms with Gasteiger partial charge in [-0.25, -0.2) is 0 Å². The lowest BCUT2D eigenvalue weighted by Gasteiger charge is -2.03. The maximum Gasteiger partial charge on any atom is 0.320 e. The Balaban J connectivity index is 0.000000419. The molecule has 1 atom stereocenters. The average molecular weight is 402 g/mol. The zero-order valence-electron chi connectivity index (χ0n) is 16.6. The van der Waals surface area contributed by atoms with Gasteiger partial charge < -0.3 is 27.6 Å². The molecule has 29 heavy (non-hydrogen) atoms. The van der Waals surface area contributed by atoms with E-state index in [0.29, 0.717) is 24.2 Å². The SMILES string of the molecule is CC(=O)Nc1ccc(C=O)cc1.NCCCC[C@H](N)C(=O)O.Nc1ccccc1. The molecule has 2 aromatic carbocycles. The molecule has 2 aromatic rings. The monoisotopic (exact) mass is 402 g/mol. The number of nitrogens with one attached hydrogen (secondary N) is 1. The molecule has 0 fully saturated rings. The number of unbranched alkanes of at least 4 members (excludes halogenated alkanes) is 1. The van der Waals surface area contributed by atoms with Crippen LogP contribution in [-0.4, -0.2) is 35.9 Å². The van der Waals surface area contributed by atoms with Crippen LogP contribution in [0.1, 0.15) is 36.5 Å². The van der Waals surface area contributed by atoms with Gasteiger partial charge in [0.05, 0.1) is 0 Å². The molecule has 0 aromatic heterocycles. The van der Waals surface area contributed by atoms with E-state index in [2.05, 4.69) is 5.32 Å². The Kier molecular flexibility index (Phi) is 14.0. The molecule has 0 saturated carbocycles. The number of para-hydroxylation sites is 1. The predicted molar refractivity (Wildman–Crippen MR) is 116 cm³/mol.